The molecule has 0 amide bonds. The number of allylic oxidation sites excluding steroid dienone is 16. The highest BCUT2D eigenvalue weighted by Gasteiger charge is 2.19. The number of rotatable bonds is 49. The van der Waals surface area contributed by atoms with Crippen LogP contribution in [0.2, 0.25) is 0 Å². The maximum atomic E-state index is 12.8. The van der Waals surface area contributed by atoms with Crippen LogP contribution in [0.25, 0.3) is 0 Å². The summed E-state index contributed by atoms with van der Waals surface area (Å²) in [6.45, 7) is 6.44. The number of carbonyl (C=O) groups excluding carboxylic acids is 3. The summed E-state index contributed by atoms with van der Waals surface area (Å²) >= 11 is 0. The molecule has 382 valence electrons. The smallest absolute Gasteiger partial charge is 0.306 e. The second-order valence-electron chi connectivity index (χ2n) is 18.2. The Hall–Kier alpha value is -3.67. The molecule has 0 heterocycles. The van der Waals surface area contributed by atoms with Gasteiger partial charge in [0.2, 0.25) is 0 Å². The fourth-order valence-electron chi connectivity index (χ4n) is 7.46. The first-order valence-corrected chi connectivity index (χ1v) is 27.8. The van der Waals surface area contributed by atoms with E-state index in [1.54, 1.807) is 0 Å². The summed E-state index contributed by atoms with van der Waals surface area (Å²) < 4.78 is 16.8. The Kier molecular flexibility index (Phi) is 51.9. The van der Waals surface area contributed by atoms with E-state index >= 15 is 0 Å². The zero-order chi connectivity index (χ0) is 48.6. The normalized spacial score (nSPS) is 12.8. The molecule has 0 fully saturated rings. The summed E-state index contributed by atoms with van der Waals surface area (Å²) in [6.07, 6.45) is 72.4. The standard InChI is InChI=1S/C61H102O6/c1-4-7-10-13-16-19-22-25-28-30-32-33-36-39-42-45-48-51-54-60(63)66-57-58(56-65-59(62)53-50-47-44-41-38-35-27-24-21-18-15-12-9-6-3)67-61(64)55-52-49-46-43-40-37-34-31-29-26-23-20-17-14-11-8-5-2/h9,12,16,18-19,21-22,25-30,32-33,35,58H,4-8,10-11,13-15,17,20,23-24,31,34,36-57H2,1-3H3/b12-9-,19-16-,21-18-,25-22-,29-26-,30-28-,33-32-,35-27-. The predicted molar refractivity (Wildman–Crippen MR) is 288 cm³/mol. The second-order valence-corrected chi connectivity index (χ2v) is 18.2. The molecule has 0 aliphatic carbocycles. The molecule has 0 aliphatic rings. The highest BCUT2D eigenvalue weighted by molar-refractivity contribution is 5.71. The molecule has 1 unspecified atom stereocenters. The fourth-order valence-corrected chi connectivity index (χ4v) is 7.46. The topological polar surface area (TPSA) is 78.9 Å². The van der Waals surface area contributed by atoms with Crippen molar-refractivity contribution < 1.29 is 28.6 Å². The van der Waals surface area contributed by atoms with Crippen molar-refractivity contribution in [1.29, 1.82) is 0 Å². The third-order valence-corrected chi connectivity index (χ3v) is 11.6. The van der Waals surface area contributed by atoms with E-state index in [1.807, 2.05) is 0 Å². The Labute approximate surface area is 413 Å². The molecule has 0 bridgehead atoms. The van der Waals surface area contributed by atoms with Crippen LogP contribution >= 0.6 is 0 Å². The van der Waals surface area contributed by atoms with E-state index in [0.717, 1.165) is 116 Å². The average Bonchev–Trinajstić information content (AvgIpc) is 3.33. The third-order valence-electron chi connectivity index (χ3n) is 11.6. The Morgan fingerprint density at radius 3 is 1.09 bits per heavy atom. The molecular weight excluding hydrogens is 829 g/mol. The van der Waals surface area contributed by atoms with Gasteiger partial charge in [-0.3, -0.25) is 14.4 Å². The molecule has 6 heteroatoms. The summed E-state index contributed by atoms with van der Waals surface area (Å²) in [5.74, 6) is -0.946. The van der Waals surface area contributed by atoms with Crippen molar-refractivity contribution in [2.75, 3.05) is 13.2 Å². The molecule has 0 spiro atoms. The van der Waals surface area contributed by atoms with Gasteiger partial charge < -0.3 is 14.2 Å². The largest absolute Gasteiger partial charge is 0.462 e. The van der Waals surface area contributed by atoms with Crippen LogP contribution in [-0.4, -0.2) is 37.2 Å². The van der Waals surface area contributed by atoms with Crippen LogP contribution in [0.5, 0.6) is 0 Å². The maximum absolute atomic E-state index is 12.8. The number of unbranched alkanes of at least 4 members (excludes halogenated alkanes) is 25. The minimum absolute atomic E-state index is 0.0995. The fraction of sp³-hybridized carbons (Fsp3) is 0.689. The van der Waals surface area contributed by atoms with Gasteiger partial charge in [0, 0.05) is 19.3 Å². The lowest BCUT2D eigenvalue weighted by Crippen LogP contribution is -2.30. The van der Waals surface area contributed by atoms with E-state index in [2.05, 4.69) is 118 Å². The van der Waals surface area contributed by atoms with Gasteiger partial charge in [-0.25, -0.2) is 0 Å². The molecule has 0 saturated carbocycles. The highest BCUT2D eigenvalue weighted by atomic mass is 16.6. The van der Waals surface area contributed by atoms with Crippen LogP contribution in [0.3, 0.4) is 0 Å². The molecular formula is C61H102O6. The molecule has 0 rings (SSSR count). The van der Waals surface area contributed by atoms with Crippen molar-refractivity contribution in [3.05, 3.63) is 97.2 Å². The minimum atomic E-state index is -0.800. The van der Waals surface area contributed by atoms with Crippen LogP contribution in [-0.2, 0) is 28.6 Å². The molecule has 6 nitrogen and oxygen atoms in total. The zero-order valence-corrected chi connectivity index (χ0v) is 43.6. The minimum Gasteiger partial charge on any atom is -0.462 e. The molecule has 0 N–H and O–H groups in total. The van der Waals surface area contributed by atoms with Gasteiger partial charge in [0.25, 0.3) is 0 Å². The van der Waals surface area contributed by atoms with Gasteiger partial charge in [0.05, 0.1) is 0 Å². The molecule has 1 atom stereocenters. The van der Waals surface area contributed by atoms with Crippen molar-refractivity contribution in [3.63, 3.8) is 0 Å². The summed E-state index contributed by atoms with van der Waals surface area (Å²) in [5, 5.41) is 0. The first-order chi connectivity index (χ1) is 33.0. The van der Waals surface area contributed by atoms with Crippen molar-refractivity contribution in [1.82, 2.24) is 0 Å². The molecule has 0 aromatic rings. The van der Waals surface area contributed by atoms with E-state index in [1.165, 1.54) is 96.3 Å². The Bertz CT molecular complexity index is 1350. The average molecular weight is 931 g/mol. The van der Waals surface area contributed by atoms with Crippen LogP contribution in [0.15, 0.2) is 97.2 Å². The Morgan fingerprint density at radius 2 is 0.642 bits per heavy atom. The van der Waals surface area contributed by atoms with E-state index < -0.39 is 6.10 Å². The lowest BCUT2D eigenvalue weighted by Gasteiger charge is -2.18. The van der Waals surface area contributed by atoms with Gasteiger partial charge in [-0.1, -0.05) is 227 Å². The number of ether oxygens (including phenoxy) is 3. The molecule has 67 heavy (non-hydrogen) atoms. The van der Waals surface area contributed by atoms with Crippen molar-refractivity contribution in [2.45, 2.75) is 258 Å². The van der Waals surface area contributed by atoms with Gasteiger partial charge in [0.1, 0.15) is 13.2 Å². The van der Waals surface area contributed by atoms with Crippen molar-refractivity contribution in [2.24, 2.45) is 0 Å². The van der Waals surface area contributed by atoms with Crippen LogP contribution < -0.4 is 0 Å². The lowest BCUT2D eigenvalue weighted by molar-refractivity contribution is -0.167. The Balaban J connectivity index is 4.48. The highest BCUT2D eigenvalue weighted by Crippen LogP contribution is 2.14. The number of esters is 3. The molecule has 0 saturated heterocycles. The first-order valence-electron chi connectivity index (χ1n) is 27.8. The quantitative estimate of drug-likeness (QED) is 0.0199. The SMILES string of the molecule is CC/C=C\C/C=C\C/C=C\CCCCCCC(=O)OCC(COC(=O)CCCCCCC\C=C/C=C\C=C/C=C\CCCCC)OC(=O)CCCCCCCCC/C=C\CCCCCCCC. The number of carbonyl (C=O) groups is 3. The van der Waals surface area contributed by atoms with Gasteiger partial charge in [-0.15, -0.1) is 0 Å². The van der Waals surface area contributed by atoms with Crippen molar-refractivity contribution in [3.8, 4) is 0 Å². The van der Waals surface area contributed by atoms with E-state index in [4.69, 9.17) is 14.2 Å². The molecule has 0 aromatic heterocycles. The monoisotopic (exact) mass is 931 g/mol. The third kappa shape index (κ3) is 53.2. The van der Waals surface area contributed by atoms with Gasteiger partial charge >= 0.3 is 17.9 Å². The molecule has 0 aliphatic heterocycles. The van der Waals surface area contributed by atoms with Crippen LogP contribution in [0, 0.1) is 0 Å². The van der Waals surface area contributed by atoms with Crippen LogP contribution in [0.1, 0.15) is 252 Å². The maximum Gasteiger partial charge on any atom is 0.306 e. The van der Waals surface area contributed by atoms with Crippen LogP contribution in [0.4, 0.5) is 0 Å². The molecule has 0 radical (unpaired) electrons. The summed E-state index contributed by atoms with van der Waals surface area (Å²) in [7, 11) is 0. The Morgan fingerprint density at radius 1 is 0.328 bits per heavy atom. The predicted octanol–water partition coefficient (Wildman–Crippen LogP) is 18.5. The summed E-state index contributed by atoms with van der Waals surface area (Å²) in [6, 6.07) is 0. The first kappa shape index (κ1) is 63.3. The van der Waals surface area contributed by atoms with Gasteiger partial charge in [-0.05, 0) is 103 Å². The van der Waals surface area contributed by atoms with Crippen molar-refractivity contribution >= 4 is 17.9 Å². The van der Waals surface area contributed by atoms with E-state index in [0.29, 0.717) is 19.3 Å². The van der Waals surface area contributed by atoms with Gasteiger partial charge in [0.15, 0.2) is 6.10 Å². The van der Waals surface area contributed by atoms with Gasteiger partial charge in [-0.2, -0.15) is 0 Å². The second kappa shape index (κ2) is 54.9. The summed E-state index contributed by atoms with van der Waals surface area (Å²) in [5.41, 5.74) is 0. The molecule has 0 aromatic carbocycles. The number of hydrogen-bond acceptors (Lipinski definition) is 6. The van der Waals surface area contributed by atoms with E-state index in [9.17, 15) is 14.4 Å². The van der Waals surface area contributed by atoms with E-state index in [-0.39, 0.29) is 31.1 Å². The summed E-state index contributed by atoms with van der Waals surface area (Å²) in [4.78, 5) is 38.1. The number of hydrogen-bond donors (Lipinski definition) is 0. The zero-order valence-electron chi connectivity index (χ0n) is 43.6. The lowest BCUT2D eigenvalue weighted by atomic mass is 10.1.